The normalized spacial score (nSPS) is 20.2. The van der Waals surface area contributed by atoms with Gasteiger partial charge in [-0.1, -0.05) is 11.6 Å². The molecule has 0 N–H and O–H groups in total. The molecule has 1 fully saturated rings. The number of aryl methyl sites for hydroxylation is 1. The molecule has 0 spiro atoms. The van der Waals surface area contributed by atoms with Crippen LogP contribution in [0.25, 0.3) is 6.08 Å². The van der Waals surface area contributed by atoms with Crippen molar-refractivity contribution in [2.24, 2.45) is 7.05 Å². The maximum atomic E-state index is 4.80. The first-order valence-electron chi connectivity index (χ1n) is 7.78. The predicted octanol–water partition coefficient (Wildman–Crippen LogP) is 2.30. The molecular formula is C16H26N4. The molecular weight excluding hydrogens is 248 g/mol. The summed E-state index contributed by atoms with van der Waals surface area (Å²) < 4.78 is 2.09. The highest BCUT2D eigenvalue weighted by Gasteiger charge is 2.25. The minimum absolute atomic E-state index is 0.650. The van der Waals surface area contributed by atoms with E-state index in [1.54, 1.807) is 0 Å². The third-order valence-electron chi connectivity index (χ3n) is 4.68. The van der Waals surface area contributed by atoms with Crippen molar-refractivity contribution in [2.75, 3.05) is 31.1 Å². The first-order valence-corrected chi connectivity index (χ1v) is 7.78. The number of rotatable bonds is 2. The number of piperazine rings is 1. The van der Waals surface area contributed by atoms with Crippen LogP contribution in [0, 0.1) is 0 Å². The third-order valence-corrected chi connectivity index (χ3v) is 4.68. The largest absolute Gasteiger partial charge is 0.352 e. The molecule has 1 aliphatic heterocycles. The van der Waals surface area contributed by atoms with Crippen molar-refractivity contribution in [3.8, 4) is 0 Å². The van der Waals surface area contributed by atoms with E-state index in [-0.39, 0.29) is 0 Å². The fraction of sp³-hybridized carbons (Fsp3) is 0.688. The summed E-state index contributed by atoms with van der Waals surface area (Å²) in [6, 6.07) is 0.650. The van der Waals surface area contributed by atoms with E-state index in [0.29, 0.717) is 6.04 Å². The highest BCUT2D eigenvalue weighted by molar-refractivity contribution is 5.70. The second-order valence-electron chi connectivity index (χ2n) is 6.42. The van der Waals surface area contributed by atoms with Gasteiger partial charge >= 0.3 is 0 Å². The maximum absolute atomic E-state index is 4.80. The molecule has 4 nitrogen and oxygen atoms in total. The van der Waals surface area contributed by atoms with Gasteiger partial charge < -0.3 is 4.90 Å². The zero-order valence-electron chi connectivity index (χ0n) is 13.2. The standard InChI is InChI=1S/C16H26N4/c1-12(2)19-7-9-20(10-8-19)16-14-11-13(3)5-6-15(14)18(4)17-16/h11-12H,5-10H2,1-4H3. The van der Waals surface area contributed by atoms with Crippen molar-refractivity contribution in [1.82, 2.24) is 14.7 Å². The summed E-state index contributed by atoms with van der Waals surface area (Å²) in [6.45, 7) is 11.3. The Labute approximate surface area is 122 Å². The van der Waals surface area contributed by atoms with Crippen molar-refractivity contribution < 1.29 is 0 Å². The number of anilines is 1. The van der Waals surface area contributed by atoms with Crippen LogP contribution in [0.5, 0.6) is 0 Å². The van der Waals surface area contributed by atoms with Crippen molar-refractivity contribution >= 4 is 11.9 Å². The molecule has 0 aromatic carbocycles. The van der Waals surface area contributed by atoms with E-state index in [2.05, 4.69) is 48.4 Å². The Morgan fingerprint density at radius 1 is 1.10 bits per heavy atom. The van der Waals surface area contributed by atoms with Crippen LogP contribution in [-0.4, -0.2) is 46.9 Å². The van der Waals surface area contributed by atoms with Gasteiger partial charge in [0.05, 0.1) is 0 Å². The molecule has 1 aliphatic carbocycles. The van der Waals surface area contributed by atoms with E-state index in [1.165, 1.54) is 29.1 Å². The Balaban J connectivity index is 1.83. The highest BCUT2D eigenvalue weighted by Crippen LogP contribution is 2.31. The predicted molar refractivity (Wildman–Crippen MR) is 84.1 cm³/mol. The van der Waals surface area contributed by atoms with Gasteiger partial charge in [0.15, 0.2) is 5.82 Å². The summed E-state index contributed by atoms with van der Waals surface area (Å²) in [5.41, 5.74) is 4.25. The minimum atomic E-state index is 0.650. The number of hydrogen-bond acceptors (Lipinski definition) is 3. The summed E-state index contributed by atoms with van der Waals surface area (Å²) in [7, 11) is 2.08. The van der Waals surface area contributed by atoms with Crippen LogP contribution in [0.1, 0.15) is 38.4 Å². The lowest BCUT2D eigenvalue weighted by atomic mass is 9.98. The van der Waals surface area contributed by atoms with Crippen LogP contribution in [0.4, 0.5) is 5.82 Å². The molecule has 2 aliphatic rings. The summed E-state index contributed by atoms with van der Waals surface area (Å²) >= 11 is 0. The van der Waals surface area contributed by atoms with Crippen LogP contribution in [0.3, 0.4) is 0 Å². The van der Waals surface area contributed by atoms with Crippen LogP contribution in [0.15, 0.2) is 5.57 Å². The molecule has 110 valence electrons. The molecule has 2 heterocycles. The number of allylic oxidation sites excluding steroid dienone is 1. The van der Waals surface area contributed by atoms with E-state index >= 15 is 0 Å². The summed E-state index contributed by atoms with van der Waals surface area (Å²) in [5.74, 6) is 1.20. The van der Waals surface area contributed by atoms with Crippen molar-refractivity contribution in [3.05, 3.63) is 16.8 Å². The van der Waals surface area contributed by atoms with E-state index < -0.39 is 0 Å². The van der Waals surface area contributed by atoms with Gasteiger partial charge in [-0.15, -0.1) is 0 Å². The number of aromatic nitrogens is 2. The summed E-state index contributed by atoms with van der Waals surface area (Å²) in [6.07, 6.45) is 4.65. The Morgan fingerprint density at radius 3 is 2.45 bits per heavy atom. The molecule has 1 saturated heterocycles. The fourth-order valence-electron chi connectivity index (χ4n) is 3.32. The van der Waals surface area contributed by atoms with Gasteiger partial charge in [0.2, 0.25) is 0 Å². The second kappa shape index (κ2) is 5.24. The van der Waals surface area contributed by atoms with E-state index in [1.807, 2.05) is 0 Å². The van der Waals surface area contributed by atoms with Crippen molar-refractivity contribution in [2.45, 2.75) is 39.7 Å². The number of nitrogens with zero attached hydrogens (tertiary/aromatic N) is 4. The topological polar surface area (TPSA) is 24.3 Å². The zero-order chi connectivity index (χ0) is 14.3. The quantitative estimate of drug-likeness (QED) is 0.827. The Hall–Kier alpha value is -1.29. The molecule has 20 heavy (non-hydrogen) atoms. The van der Waals surface area contributed by atoms with E-state index in [4.69, 9.17) is 5.10 Å². The van der Waals surface area contributed by atoms with Gasteiger partial charge in [-0.25, -0.2) is 0 Å². The van der Waals surface area contributed by atoms with Crippen LogP contribution in [-0.2, 0) is 13.5 Å². The molecule has 1 aromatic rings. The highest BCUT2D eigenvalue weighted by atomic mass is 15.4. The Kier molecular flexibility index (Phi) is 3.59. The molecule has 0 atom stereocenters. The first-order chi connectivity index (χ1) is 9.56. The lowest BCUT2D eigenvalue weighted by molar-refractivity contribution is 0.209. The number of hydrogen-bond donors (Lipinski definition) is 0. The minimum Gasteiger partial charge on any atom is -0.352 e. The Morgan fingerprint density at radius 2 is 1.80 bits per heavy atom. The molecule has 0 radical (unpaired) electrons. The van der Waals surface area contributed by atoms with Gasteiger partial charge in [0, 0.05) is 50.5 Å². The lowest BCUT2D eigenvalue weighted by Gasteiger charge is -2.37. The van der Waals surface area contributed by atoms with E-state index in [0.717, 1.165) is 32.6 Å². The molecule has 0 saturated carbocycles. The Bertz CT molecular complexity index is 519. The molecule has 0 unspecified atom stereocenters. The second-order valence-corrected chi connectivity index (χ2v) is 6.42. The van der Waals surface area contributed by atoms with Crippen molar-refractivity contribution in [1.29, 1.82) is 0 Å². The lowest BCUT2D eigenvalue weighted by Crippen LogP contribution is -2.49. The van der Waals surface area contributed by atoms with Crippen LogP contribution < -0.4 is 4.90 Å². The van der Waals surface area contributed by atoms with Crippen molar-refractivity contribution in [3.63, 3.8) is 0 Å². The van der Waals surface area contributed by atoms with Crippen LogP contribution >= 0.6 is 0 Å². The van der Waals surface area contributed by atoms with Gasteiger partial charge in [0.25, 0.3) is 0 Å². The average molecular weight is 274 g/mol. The third kappa shape index (κ3) is 2.37. The molecule has 3 rings (SSSR count). The maximum Gasteiger partial charge on any atom is 0.158 e. The fourth-order valence-corrected chi connectivity index (χ4v) is 3.32. The van der Waals surface area contributed by atoms with Crippen LogP contribution in [0.2, 0.25) is 0 Å². The zero-order valence-corrected chi connectivity index (χ0v) is 13.2. The van der Waals surface area contributed by atoms with Gasteiger partial charge in [-0.3, -0.25) is 9.58 Å². The monoisotopic (exact) mass is 274 g/mol. The molecule has 4 heteroatoms. The smallest absolute Gasteiger partial charge is 0.158 e. The number of fused-ring (bicyclic) bond motifs is 1. The molecule has 1 aromatic heterocycles. The molecule has 0 bridgehead atoms. The van der Waals surface area contributed by atoms with Gasteiger partial charge in [-0.05, 0) is 33.6 Å². The van der Waals surface area contributed by atoms with Gasteiger partial charge in [0.1, 0.15) is 0 Å². The SMILES string of the molecule is CC1=Cc2c(N3CCN(C(C)C)CC3)nn(C)c2CC1. The first kappa shape index (κ1) is 13.7. The average Bonchev–Trinajstić information content (AvgIpc) is 2.75. The summed E-state index contributed by atoms with van der Waals surface area (Å²) in [4.78, 5) is 5.01. The van der Waals surface area contributed by atoms with Gasteiger partial charge in [-0.2, -0.15) is 5.10 Å². The summed E-state index contributed by atoms with van der Waals surface area (Å²) in [5, 5.41) is 4.80. The van der Waals surface area contributed by atoms with E-state index in [9.17, 15) is 0 Å². The molecule has 0 amide bonds.